The number of carbonyl (C=O) groups is 2. The van der Waals surface area contributed by atoms with Crippen LogP contribution in [0.15, 0.2) is 83.8 Å². The summed E-state index contributed by atoms with van der Waals surface area (Å²) in [6.45, 7) is 3.18. The van der Waals surface area contributed by atoms with E-state index >= 15 is 0 Å². The van der Waals surface area contributed by atoms with E-state index in [1.165, 1.54) is 35.2 Å². The van der Waals surface area contributed by atoms with E-state index in [1.807, 2.05) is 6.92 Å². The molecule has 226 valence electrons. The molecule has 0 saturated heterocycles. The van der Waals surface area contributed by atoms with E-state index in [2.05, 4.69) is 5.32 Å². The summed E-state index contributed by atoms with van der Waals surface area (Å²) in [7, 11) is -4.49. The summed E-state index contributed by atoms with van der Waals surface area (Å²) < 4.78 is 68.9. The monoisotopic (exact) mass is 623 g/mol. The molecule has 1 N–H and O–H groups in total. The SMILES string of the molecule is CCCCNC(=O)C(CC)N(Cc1ccc(Cl)cc1)C(=O)CN(c1cccc(C(F)(F)F)c1)S(=O)(=O)c1ccccc1. The molecule has 0 saturated carbocycles. The van der Waals surface area contributed by atoms with Gasteiger partial charge in [-0.3, -0.25) is 13.9 Å². The average molecular weight is 624 g/mol. The van der Waals surface area contributed by atoms with Crippen molar-refractivity contribution in [2.24, 2.45) is 0 Å². The molecule has 7 nitrogen and oxygen atoms in total. The lowest BCUT2D eigenvalue weighted by Gasteiger charge is -2.33. The topological polar surface area (TPSA) is 86.8 Å². The molecule has 0 aliphatic carbocycles. The van der Waals surface area contributed by atoms with Crippen LogP contribution in [-0.2, 0) is 32.3 Å². The van der Waals surface area contributed by atoms with Crippen LogP contribution in [0, 0.1) is 0 Å². The highest BCUT2D eigenvalue weighted by Crippen LogP contribution is 2.33. The minimum Gasteiger partial charge on any atom is -0.354 e. The number of unbranched alkanes of at least 4 members (excludes halogenated alkanes) is 1. The van der Waals surface area contributed by atoms with E-state index in [0.717, 1.165) is 25.0 Å². The molecular formula is C30H33ClF3N3O4S. The number of amides is 2. The van der Waals surface area contributed by atoms with Gasteiger partial charge >= 0.3 is 6.18 Å². The van der Waals surface area contributed by atoms with Crippen LogP contribution in [0.3, 0.4) is 0 Å². The van der Waals surface area contributed by atoms with Crippen LogP contribution in [0.25, 0.3) is 0 Å². The highest BCUT2D eigenvalue weighted by atomic mass is 35.5. The number of carbonyl (C=O) groups excluding carboxylic acids is 2. The van der Waals surface area contributed by atoms with Gasteiger partial charge in [-0.25, -0.2) is 8.42 Å². The second-order valence-electron chi connectivity index (χ2n) is 9.59. The van der Waals surface area contributed by atoms with Crippen molar-refractivity contribution in [3.8, 4) is 0 Å². The molecule has 2 amide bonds. The van der Waals surface area contributed by atoms with Gasteiger partial charge in [-0.15, -0.1) is 0 Å². The zero-order valence-electron chi connectivity index (χ0n) is 23.3. The van der Waals surface area contributed by atoms with Crippen molar-refractivity contribution >= 4 is 39.1 Å². The van der Waals surface area contributed by atoms with Gasteiger partial charge in [0, 0.05) is 18.1 Å². The third-order valence-electron chi connectivity index (χ3n) is 6.55. The van der Waals surface area contributed by atoms with Gasteiger partial charge in [0.25, 0.3) is 10.0 Å². The predicted octanol–water partition coefficient (Wildman–Crippen LogP) is 6.28. The maximum Gasteiger partial charge on any atom is 0.416 e. The van der Waals surface area contributed by atoms with E-state index in [4.69, 9.17) is 11.6 Å². The van der Waals surface area contributed by atoms with E-state index in [9.17, 15) is 31.2 Å². The lowest BCUT2D eigenvalue weighted by atomic mass is 10.1. The van der Waals surface area contributed by atoms with Gasteiger partial charge in [0.05, 0.1) is 16.1 Å². The predicted molar refractivity (Wildman–Crippen MR) is 156 cm³/mol. The van der Waals surface area contributed by atoms with E-state index < -0.39 is 46.2 Å². The largest absolute Gasteiger partial charge is 0.416 e. The van der Waals surface area contributed by atoms with Crippen molar-refractivity contribution in [3.63, 3.8) is 0 Å². The maximum absolute atomic E-state index is 14.0. The number of hydrogen-bond acceptors (Lipinski definition) is 4. The first-order valence-corrected chi connectivity index (χ1v) is 15.3. The van der Waals surface area contributed by atoms with Crippen LogP contribution in [-0.4, -0.2) is 44.3 Å². The Bertz CT molecular complexity index is 1450. The quantitative estimate of drug-likeness (QED) is 0.227. The zero-order valence-corrected chi connectivity index (χ0v) is 24.8. The highest BCUT2D eigenvalue weighted by molar-refractivity contribution is 7.92. The first-order chi connectivity index (χ1) is 19.9. The molecule has 12 heteroatoms. The van der Waals surface area contributed by atoms with Crippen molar-refractivity contribution in [2.45, 2.75) is 56.8 Å². The fourth-order valence-corrected chi connectivity index (χ4v) is 5.85. The Morgan fingerprint density at radius 3 is 2.21 bits per heavy atom. The molecule has 3 aromatic carbocycles. The minimum atomic E-state index is -4.74. The first-order valence-electron chi connectivity index (χ1n) is 13.4. The molecule has 0 bridgehead atoms. The van der Waals surface area contributed by atoms with E-state index in [-0.39, 0.29) is 23.5 Å². The van der Waals surface area contributed by atoms with Gasteiger partial charge in [0.1, 0.15) is 12.6 Å². The fourth-order valence-electron chi connectivity index (χ4n) is 4.30. The molecule has 1 unspecified atom stereocenters. The van der Waals surface area contributed by atoms with Crippen LogP contribution in [0.5, 0.6) is 0 Å². The van der Waals surface area contributed by atoms with Crippen molar-refractivity contribution in [1.29, 1.82) is 0 Å². The third kappa shape index (κ3) is 8.48. The van der Waals surface area contributed by atoms with Gasteiger partial charge < -0.3 is 10.2 Å². The number of hydrogen-bond donors (Lipinski definition) is 1. The first kappa shape index (κ1) is 32.9. The molecule has 0 fully saturated rings. The number of alkyl halides is 3. The molecule has 3 rings (SSSR count). The number of sulfonamides is 1. The smallest absolute Gasteiger partial charge is 0.354 e. The van der Waals surface area contributed by atoms with Crippen molar-refractivity contribution < 1.29 is 31.2 Å². The van der Waals surface area contributed by atoms with Crippen LogP contribution >= 0.6 is 11.6 Å². The number of anilines is 1. The Morgan fingerprint density at radius 2 is 1.62 bits per heavy atom. The number of halogens is 4. The Hall–Kier alpha value is -3.57. The number of rotatable bonds is 13. The summed E-state index contributed by atoms with van der Waals surface area (Å²) in [6.07, 6.45) is -2.96. The lowest BCUT2D eigenvalue weighted by Crippen LogP contribution is -2.52. The number of nitrogens with one attached hydrogen (secondary N) is 1. The molecule has 0 aliphatic rings. The fraction of sp³-hybridized carbons (Fsp3) is 0.333. The molecule has 42 heavy (non-hydrogen) atoms. The second kappa shape index (κ2) is 14.6. The molecule has 0 aromatic heterocycles. The lowest BCUT2D eigenvalue weighted by molar-refractivity contribution is -0.140. The number of benzene rings is 3. The summed E-state index contributed by atoms with van der Waals surface area (Å²) in [5.74, 6) is -1.18. The molecule has 0 aliphatic heterocycles. The summed E-state index contributed by atoms with van der Waals surface area (Å²) in [6, 6.07) is 16.5. The molecular weight excluding hydrogens is 591 g/mol. The summed E-state index contributed by atoms with van der Waals surface area (Å²) in [5, 5.41) is 3.28. The van der Waals surface area contributed by atoms with Crippen molar-refractivity contribution in [1.82, 2.24) is 10.2 Å². The second-order valence-corrected chi connectivity index (χ2v) is 11.9. The van der Waals surface area contributed by atoms with Gasteiger partial charge in [0.2, 0.25) is 11.8 Å². The van der Waals surface area contributed by atoms with Crippen molar-refractivity contribution in [2.75, 3.05) is 17.4 Å². The molecule has 0 heterocycles. The van der Waals surface area contributed by atoms with Crippen LogP contribution in [0.2, 0.25) is 5.02 Å². The minimum absolute atomic E-state index is 0.0580. The van der Waals surface area contributed by atoms with Gasteiger partial charge in [0.15, 0.2) is 0 Å². The Balaban J connectivity index is 2.08. The highest BCUT2D eigenvalue weighted by Gasteiger charge is 2.35. The van der Waals surface area contributed by atoms with E-state index in [0.29, 0.717) is 27.5 Å². The van der Waals surface area contributed by atoms with Crippen LogP contribution in [0.1, 0.15) is 44.2 Å². The number of nitrogens with zero attached hydrogens (tertiary/aromatic N) is 2. The van der Waals surface area contributed by atoms with Crippen LogP contribution < -0.4 is 9.62 Å². The Kier molecular flexibility index (Phi) is 11.4. The normalized spacial score (nSPS) is 12.4. The summed E-state index contributed by atoms with van der Waals surface area (Å²) in [5.41, 5.74) is -0.779. The molecule has 0 radical (unpaired) electrons. The Morgan fingerprint density at radius 1 is 0.952 bits per heavy atom. The van der Waals surface area contributed by atoms with Crippen molar-refractivity contribution in [3.05, 3.63) is 95.0 Å². The standard InChI is InChI=1S/C30H33ClF3N3O4S/c1-3-5-18-35-29(39)27(4-2)36(20-22-14-16-24(31)17-15-22)28(38)21-37(42(40,41)26-12-7-6-8-13-26)25-11-9-10-23(19-25)30(32,33)34/h6-17,19,27H,3-5,18,20-21H2,1-2H3,(H,35,39). The molecule has 0 spiro atoms. The Labute approximate surface area is 249 Å². The summed E-state index contributed by atoms with van der Waals surface area (Å²) in [4.78, 5) is 28.2. The third-order valence-corrected chi connectivity index (χ3v) is 8.59. The van der Waals surface area contributed by atoms with E-state index in [1.54, 1.807) is 37.3 Å². The molecule has 3 aromatic rings. The molecule has 1 atom stereocenters. The summed E-state index contributed by atoms with van der Waals surface area (Å²) >= 11 is 6.01. The zero-order chi connectivity index (χ0) is 30.9. The van der Waals surface area contributed by atoms with Gasteiger partial charge in [-0.1, -0.05) is 68.3 Å². The maximum atomic E-state index is 14.0. The van der Waals surface area contributed by atoms with Gasteiger partial charge in [-0.05, 0) is 60.9 Å². The van der Waals surface area contributed by atoms with Crippen LogP contribution in [0.4, 0.5) is 18.9 Å². The van der Waals surface area contributed by atoms with Gasteiger partial charge in [-0.2, -0.15) is 13.2 Å². The average Bonchev–Trinajstić information content (AvgIpc) is 2.96.